The highest BCUT2D eigenvalue weighted by Crippen LogP contribution is 2.40. The summed E-state index contributed by atoms with van der Waals surface area (Å²) in [6, 6.07) is 1.51. The molecule has 21 heteroatoms. The molecule has 18 nitrogen and oxygen atoms in total. The van der Waals surface area contributed by atoms with Gasteiger partial charge in [0.25, 0.3) is 0 Å². The van der Waals surface area contributed by atoms with Crippen molar-refractivity contribution in [1.29, 1.82) is 0 Å². The zero-order valence-corrected chi connectivity index (χ0v) is 53.4. The molecule has 0 radical (unpaired) electrons. The fourth-order valence-electron chi connectivity index (χ4n) is 7.13. The van der Waals surface area contributed by atoms with E-state index in [1.54, 1.807) is 74.4 Å². The molecule has 9 atom stereocenters. The Balaban J connectivity index is 3.76. The van der Waals surface area contributed by atoms with Crippen molar-refractivity contribution in [1.82, 2.24) is 31.9 Å². The third kappa shape index (κ3) is 20.6. The Kier molecular flexibility index (Phi) is 25.7. The van der Waals surface area contributed by atoms with Crippen LogP contribution >= 0.6 is 0 Å². The second-order valence-electron chi connectivity index (χ2n) is 25.6. The van der Waals surface area contributed by atoms with Crippen LogP contribution in [-0.2, 0) is 58.1 Å². The summed E-state index contributed by atoms with van der Waals surface area (Å²) in [6.45, 7) is 46.0. The van der Waals surface area contributed by atoms with Crippen LogP contribution in [0, 0.1) is 17.8 Å². The average Bonchev–Trinajstić information content (AvgIpc) is 3.26. The van der Waals surface area contributed by atoms with E-state index < -0.39 is 139 Å². The first kappa shape index (κ1) is 68.9. The Morgan fingerprint density at radius 3 is 0.987 bits per heavy atom. The topological polar surface area (TPSA) is 238 Å². The summed E-state index contributed by atoms with van der Waals surface area (Å²) in [5, 5.41) is 16.1. The third-order valence-electron chi connectivity index (χ3n) is 15.1. The lowest BCUT2D eigenvalue weighted by atomic mass is 9.99. The quantitative estimate of drug-likeness (QED) is 0.0382. The molecule has 0 unspecified atom stereocenters. The largest absolute Gasteiger partial charge is 0.467 e. The van der Waals surface area contributed by atoms with Gasteiger partial charge in [0.2, 0.25) is 29.5 Å². The van der Waals surface area contributed by atoms with Crippen molar-refractivity contribution in [3.8, 4) is 0 Å². The maximum atomic E-state index is 14.8. The molecular formula is C54H100N6O12Si3. The van der Waals surface area contributed by atoms with Crippen LogP contribution in [0.1, 0.15) is 130 Å². The molecule has 0 aliphatic carbocycles. The van der Waals surface area contributed by atoms with Gasteiger partial charge in [-0.15, -0.1) is 0 Å². The number of esters is 1. The van der Waals surface area contributed by atoms with Crippen molar-refractivity contribution in [2.24, 2.45) is 17.8 Å². The summed E-state index contributed by atoms with van der Waals surface area (Å²) in [5.41, 5.74) is 0.756. The van der Waals surface area contributed by atoms with Crippen molar-refractivity contribution in [2.75, 3.05) is 7.11 Å². The molecule has 0 aromatic heterocycles. The molecule has 75 heavy (non-hydrogen) atoms. The highest BCUT2D eigenvalue weighted by atomic mass is 28.4. The van der Waals surface area contributed by atoms with Gasteiger partial charge in [0.15, 0.2) is 31.0 Å². The van der Waals surface area contributed by atoms with Gasteiger partial charge >= 0.3 is 12.1 Å². The maximum absolute atomic E-state index is 14.8. The Bertz CT molecular complexity index is 2070. The van der Waals surface area contributed by atoms with Gasteiger partial charge in [-0.1, -0.05) is 134 Å². The van der Waals surface area contributed by atoms with Crippen molar-refractivity contribution >= 4 is 66.6 Å². The molecule has 0 aliphatic heterocycles. The molecule has 430 valence electrons. The maximum Gasteiger partial charge on any atom is 0.408 e. The molecule has 0 heterocycles. The lowest BCUT2D eigenvalue weighted by molar-refractivity contribution is -0.148. The van der Waals surface area contributed by atoms with Crippen LogP contribution in [0.3, 0.4) is 0 Å². The standard InChI is InChI=1S/C54H100N6O12Si3/c1-32(2)39(55-49(65)43(36(8)71-74(22,23)53(13,14)15)58-47(63)41(34(5)6)60-51(67)69-31-38-29-27-26-28-30-38)45(61)57-42(35(7)70-73(20,21)52(10,11)12)48(64)56-40(33(3)4)46(62)59-44(50(66)68-19)37(9)72-75(24,25)54(16,17)18/h26-30,32-37,39-44H,31H2,1-25H3,(H,55,65)(H,56,64)(H,57,61)(H,58,63)(H,59,62)(H,60,67)/t35-,36-,37-,39+,40+,41+,42+,43-,44+/m1/s1. The van der Waals surface area contributed by atoms with Gasteiger partial charge in [-0.05, 0) is 98.5 Å². The fourth-order valence-corrected chi connectivity index (χ4v) is 11.4. The number of alkyl carbamates (subject to hydrolysis) is 1. The fraction of sp³-hybridized carbons (Fsp3) is 0.759. The molecule has 0 saturated carbocycles. The molecule has 1 aromatic rings. The Hall–Kier alpha value is -4.16. The lowest BCUT2D eigenvalue weighted by Gasteiger charge is -2.41. The monoisotopic (exact) mass is 1110 g/mol. The molecule has 0 aliphatic rings. The minimum atomic E-state index is -2.62. The van der Waals surface area contributed by atoms with Crippen LogP contribution in [0.2, 0.25) is 54.4 Å². The Morgan fingerprint density at radius 1 is 0.427 bits per heavy atom. The van der Waals surface area contributed by atoms with Crippen LogP contribution in [0.5, 0.6) is 0 Å². The number of ether oxygens (including phenoxy) is 2. The van der Waals surface area contributed by atoms with Crippen molar-refractivity contribution < 1.29 is 56.3 Å². The molecule has 1 rings (SSSR count). The van der Waals surface area contributed by atoms with E-state index in [9.17, 15) is 33.6 Å². The first-order valence-electron chi connectivity index (χ1n) is 26.5. The number of hydrogen-bond acceptors (Lipinski definition) is 12. The van der Waals surface area contributed by atoms with Gasteiger partial charge in [0, 0.05) is 0 Å². The van der Waals surface area contributed by atoms with E-state index in [-0.39, 0.29) is 21.7 Å². The van der Waals surface area contributed by atoms with E-state index in [1.807, 2.05) is 99.0 Å². The van der Waals surface area contributed by atoms with Crippen LogP contribution < -0.4 is 31.9 Å². The van der Waals surface area contributed by atoms with E-state index in [0.29, 0.717) is 0 Å². The van der Waals surface area contributed by atoms with E-state index in [2.05, 4.69) is 52.7 Å². The normalized spacial score (nSPS) is 16.5. The zero-order chi connectivity index (χ0) is 58.6. The van der Waals surface area contributed by atoms with Gasteiger partial charge in [-0.3, -0.25) is 24.0 Å². The van der Waals surface area contributed by atoms with Crippen LogP contribution in [0.25, 0.3) is 0 Å². The molecule has 6 N–H and O–H groups in total. The summed E-state index contributed by atoms with van der Waals surface area (Å²) in [6.07, 6.45) is -3.47. The number of hydrogen-bond donors (Lipinski definition) is 6. The first-order chi connectivity index (χ1) is 33.9. The van der Waals surface area contributed by atoms with E-state index >= 15 is 0 Å². The summed E-state index contributed by atoms with van der Waals surface area (Å²) in [5.74, 6) is -5.79. The molecule has 1 aromatic carbocycles. The highest BCUT2D eigenvalue weighted by molar-refractivity contribution is 6.75. The predicted octanol–water partition coefficient (Wildman–Crippen LogP) is 8.08. The number of amides is 6. The lowest BCUT2D eigenvalue weighted by Crippen LogP contribution is -2.65. The third-order valence-corrected chi connectivity index (χ3v) is 28.8. The second-order valence-corrected chi connectivity index (χ2v) is 39.9. The first-order valence-corrected chi connectivity index (χ1v) is 35.3. The second kappa shape index (κ2) is 27.9. The average molecular weight is 1110 g/mol. The van der Waals surface area contributed by atoms with Crippen molar-refractivity contribution in [3.05, 3.63) is 35.9 Å². The predicted molar refractivity (Wildman–Crippen MR) is 303 cm³/mol. The number of nitrogens with one attached hydrogen (secondary N) is 6. The van der Waals surface area contributed by atoms with Crippen LogP contribution in [0.15, 0.2) is 30.3 Å². The molecule has 0 spiro atoms. The van der Waals surface area contributed by atoms with E-state index in [1.165, 1.54) is 7.11 Å². The molecule has 0 bridgehead atoms. The van der Waals surface area contributed by atoms with E-state index in [0.717, 1.165) is 5.56 Å². The molecular weight excluding hydrogens is 1010 g/mol. The smallest absolute Gasteiger partial charge is 0.408 e. The van der Waals surface area contributed by atoms with Gasteiger partial charge in [-0.25, -0.2) is 9.59 Å². The summed E-state index contributed by atoms with van der Waals surface area (Å²) < 4.78 is 30.4. The molecule has 0 fully saturated rings. The van der Waals surface area contributed by atoms with Crippen LogP contribution in [-0.4, -0.2) is 128 Å². The summed E-state index contributed by atoms with van der Waals surface area (Å²) in [7, 11) is -6.42. The van der Waals surface area contributed by atoms with Crippen molar-refractivity contribution in [2.45, 2.75) is 240 Å². The highest BCUT2D eigenvalue weighted by Gasteiger charge is 2.46. The van der Waals surface area contributed by atoms with E-state index in [4.69, 9.17) is 22.8 Å². The minimum Gasteiger partial charge on any atom is -0.467 e. The van der Waals surface area contributed by atoms with Crippen molar-refractivity contribution in [3.63, 3.8) is 0 Å². The zero-order valence-electron chi connectivity index (χ0n) is 50.4. The van der Waals surface area contributed by atoms with Gasteiger partial charge in [-0.2, -0.15) is 0 Å². The van der Waals surface area contributed by atoms with Gasteiger partial charge in [0.1, 0.15) is 36.8 Å². The Morgan fingerprint density at radius 2 is 0.693 bits per heavy atom. The number of carbonyl (C=O) groups is 7. The van der Waals surface area contributed by atoms with Crippen LogP contribution in [0.4, 0.5) is 4.79 Å². The molecule has 0 saturated heterocycles. The number of methoxy groups -OCH3 is 1. The minimum absolute atomic E-state index is 0.0258. The SMILES string of the molecule is COC(=O)[C@@H](NC(=O)[C@@H](NC(=O)[C@@H](NC(=O)[C@@H](NC(=O)[C@H](NC(=O)[C@@H](NC(=O)OCc1ccccc1)C(C)C)[C@@H](C)O[Si](C)(C)C(C)(C)C)C(C)C)[C@@H](C)O[Si](C)(C)C(C)(C)C)C(C)C)[C@@H](C)O[Si](C)(C)C(C)(C)C. The summed E-state index contributed by atoms with van der Waals surface area (Å²) in [4.78, 5) is 99.1. The number of carbonyl (C=O) groups excluding carboxylic acids is 7. The number of benzene rings is 1. The number of rotatable bonds is 26. The summed E-state index contributed by atoms with van der Waals surface area (Å²) >= 11 is 0. The van der Waals surface area contributed by atoms with Gasteiger partial charge in [0.05, 0.1) is 25.4 Å². The van der Waals surface area contributed by atoms with Gasteiger partial charge < -0.3 is 54.7 Å². The Labute approximate surface area is 453 Å². The molecule has 6 amide bonds.